The van der Waals surface area contributed by atoms with E-state index in [9.17, 15) is 14.9 Å². The fourth-order valence-corrected chi connectivity index (χ4v) is 5.32. The molecule has 4 rings (SSSR count). The molecule has 1 unspecified atom stereocenters. The van der Waals surface area contributed by atoms with Crippen molar-refractivity contribution >= 4 is 50.9 Å². The van der Waals surface area contributed by atoms with Gasteiger partial charge in [-0.3, -0.25) is 14.9 Å². The van der Waals surface area contributed by atoms with Gasteiger partial charge in [0.1, 0.15) is 4.38 Å². The maximum absolute atomic E-state index is 12.8. The number of non-ortho nitro benzene ring substituents is 1. The van der Waals surface area contributed by atoms with Gasteiger partial charge in [0.15, 0.2) is 0 Å². The maximum Gasteiger partial charge on any atom is 0.271 e. The molecule has 1 saturated heterocycles. The number of carbonyl (C=O) groups is 1. The molecule has 1 fully saturated rings. The summed E-state index contributed by atoms with van der Waals surface area (Å²) in [7, 11) is 0. The zero-order valence-corrected chi connectivity index (χ0v) is 15.3. The first-order valence-corrected chi connectivity index (χ1v) is 10.0. The Kier molecular flexibility index (Phi) is 4.69. The lowest BCUT2D eigenvalue weighted by atomic mass is 10.2. The molecule has 2 heterocycles. The summed E-state index contributed by atoms with van der Waals surface area (Å²) >= 11 is 3.15. The molecule has 2 aromatic carbocycles. The first kappa shape index (κ1) is 17.1. The van der Waals surface area contributed by atoms with Gasteiger partial charge in [0, 0.05) is 24.4 Å². The van der Waals surface area contributed by atoms with E-state index in [2.05, 4.69) is 11.1 Å². The molecule has 0 spiro atoms. The van der Waals surface area contributed by atoms with E-state index in [0.29, 0.717) is 18.7 Å². The van der Waals surface area contributed by atoms with Crippen LogP contribution in [0.5, 0.6) is 0 Å². The number of carbonyl (C=O) groups excluding carboxylic acids is 1. The number of amides is 1. The predicted octanol–water partition coefficient (Wildman–Crippen LogP) is 4.37. The second kappa shape index (κ2) is 7.13. The van der Waals surface area contributed by atoms with Crippen LogP contribution in [-0.2, 0) is 10.5 Å². The summed E-state index contributed by atoms with van der Waals surface area (Å²) in [5, 5.41) is 10.8. The van der Waals surface area contributed by atoms with Crippen molar-refractivity contribution in [2.45, 2.75) is 17.4 Å². The van der Waals surface area contributed by atoms with Gasteiger partial charge in [0.25, 0.3) is 5.69 Å². The van der Waals surface area contributed by atoms with Crippen molar-refractivity contribution in [2.24, 2.45) is 4.99 Å². The number of fused-ring (bicyclic) bond motifs is 1. The number of para-hydroxylation sites is 1. The van der Waals surface area contributed by atoms with Gasteiger partial charge in [0.2, 0.25) is 5.91 Å². The molecule has 0 bridgehead atoms. The van der Waals surface area contributed by atoms with Crippen LogP contribution in [-0.4, -0.2) is 27.0 Å². The third kappa shape index (κ3) is 3.34. The van der Waals surface area contributed by atoms with Gasteiger partial charge in [-0.15, -0.1) is 0 Å². The van der Waals surface area contributed by atoms with Gasteiger partial charge in [0.05, 0.1) is 21.5 Å². The predicted molar refractivity (Wildman–Crippen MR) is 106 cm³/mol. The van der Waals surface area contributed by atoms with E-state index in [1.165, 1.54) is 29.5 Å². The quantitative estimate of drug-likeness (QED) is 0.579. The average molecular weight is 385 g/mol. The van der Waals surface area contributed by atoms with Crippen LogP contribution >= 0.6 is 23.5 Å². The van der Waals surface area contributed by atoms with Crippen LogP contribution in [0.25, 0.3) is 0 Å². The molecule has 2 aliphatic heterocycles. The minimum atomic E-state index is -0.443. The Balaban J connectivity index is 1.49. The SMILES string of the molecule is O=C1C(SC2=Nc3ccccc3CS2)CCN1c1cccc([N+](=O)[O-])c1. The molecular weight excluding hydrogens is 370 g/mol. The van der Waals surface area contributed by atoms with Crippen molar-refractivity contribution in [1.29, 1.82) is 0 Å². The Morgan fingerprint density at radius 1 is 1.23 bits per heavy atom. The van der Waals surface area contributed by atoms with Crippen molar-refractivity contribution in [2.75, 3.05) is 11.4 Å². The minimum absolute atomic E-state index is 0.00442. The molecule has 132 valence electrons. The standard InChI is InChI=1S/C18H15N3O3S2/c22-17-16(26-18-19-15-7-2-1-4-12(15)11-25-18)8-9-20(17)13-5-3-6-14(10-13)21(23)24/h1-7,10,16H,8-9,11H2. The highest BCUT2D eigenvalue weighted by atomic mass is 32.2. The number of nitrogens with zero attached hydrogens (tertiary/aromatic N) is 3. The summed E-state index contributed by atoms with van der Waals surface area (Å²) < 4.78 is 0.906. The fourth-order valence-electron chi connectivity index (χ4n) is 2.99. The summed E-state index contributed by atoms with van der Waals surface area (Å²) in [5.74, 6) is 0.843. The maximum atomic E-state index is 12.8. The summed E-state index contributed by atoms with van der Waals surface area (Å²) in [6.07, 6.45) is 0.702. The number of hydrogen-bond acceptors (Lipinski definition) is 6. The Morgan fingerprint density at radius 2 is 2.08 bits per heavy atom. The Morgan fingerprint density at radius 3 is 2.92 bits per heavy atom. The number of nitro benzene ring substituents is 1. The van der Waals surface area contributed by atoms with Crippen LogP contribution in [0.4, 0.5) is 17.1 Å². The third-order valence-electron chi connectivity index (χ3n) is 4.31. The van der Waals surface area contributed by atoms with Crippen molar-refractivity contribution < 1.29 is 9.72 Å². The first-order chi connectivity index (χ1) is 12.6. The Bertz CT molecular complexity index is 916. The number of aliphatic imine (C=N–C) groups is 1. The van der Waals surface area contributed by atoms with E-state index in [4.69, 9.17) is 0 Å². The Labute approximate surface area is 158 Å². The van der Waals surface area contributed by atoms with Crippen LogP contribution in [0.1, 0.15) is 12.0 Å². The van der Waals surface area contributed by atoms with E-state index in [-0.39, 0.29) is 16.8 Å². The number of benzene rings is 2. The van der Waals surface area contributed by atoms with Crippen molar-refractivity contribution in [3.05, 3.63) is 64.2 Å². The van der Waals surface area contributed by atoms with Crippen molar-refractivity contribution in [1.82, 2.24) is 0 Å². The number of hydrogen-bond donors (Lipinski definition) is 0. The molecule has 0 N–H and O–H groups in total. The molecule has 1 amide bonds. The van der Waals surface area contributed by atoms with Crippen molar-refractivity contribution in [3.8, 4) is 0 Å². The normalized spacial score (nSPS) is 19.2. The van der Waals surface area contributed by atoms with Gasteiger partial charge in [-0.25, -0.2) is 4.99 Å². The van der Waals surface area contributed by atoms with Gasteiger partial charge < -0.3 is 4.90 Å². The highest BCUT2D eigenvalue weighted by molar-refractivity contribution is 8.39. The first-order valence-electron chi connectivity index (χ1n) is 8.14. The zero-order chi connectivity index (χ0) is 18.1. The van der Waals surface area contributed by atoms with E-state index in [1.54, 1.807) is 28.8 Å². The largest absolute Gasteiger partial charge is 0.311 e. The summed E-state index contributed by atoms with van der Waals surface area (Å²) in [6.45, 7) is 0.562. The molecule has 2 aliphatic rings. The molecule has 0 saturated carbocycles. The van der Waals surface area contributed by atoms with Crippen LogP contribution in [0.3, 0.4) is 0 Å². The van der Waals surface area contributed by atoms with Gasteiger partial charge in [-0.2, -0.15) is 0 Å². The lowest BCUT2D eigenvalue weighted by Gasteiger charge is -2.18. The van der Waals surface area contributed by atoms with Gasteiger partial charge in [-0.05, 0) is 24.1 Å². The average Bonchev–Trinajstić information content (AvgIpc) is 3.02. The Hall–Kier alpha value is -2.32. The smallest absolute Gasteiger partial charge is 0.271 e. The van der Waals surface area contributed by atoms with Crippen LogP contribution in [0.2, 0.25) is 0 Å². The molecule has 26 heavy (non-hydrogen) atoms. The number of anilines is 1. The van der Waals surface area contributed by atoms with E-state index in [0.717, 1.165) is 15.8 Å². The van der Waals surface area contributed by atoms with Crippen LogP contribution in [0.15, 0.2) is 53.5 Å². The lowest BCUT2D eigenvalue weighted by molar-refractivity contribution is -0.384. The second-order valence-electron chi connectivity index (χ2n) is 5.96. The topological polar surface area (TPSA) is 75.8 Å². The van der Waals surface area contributed by atoms with E-state index >= 15 is 0 Å². The summed E-state index contributed by atoms with van der Waals surface area (Å²) in [5.41, 5.74) is 2.75. The zero-order valence-electron chi connectivity index (χ0n) is 13.7. The van der Waals surface area contributed by atoms with Crippen LogP contribution in [0, 0.1) is 10.1 Å². The molecule has 0 aromatic heterocycles. The molecule has 0 aliphatic carbocycles. The highest BCUT2D eigenvalue weighted by Crippen LogP contribution is 2.38. The number of thioether (sulfide) groups is 2. The second-order valence-corrected chi connectivity index (χ2v) is 8.37. The van der Waals surface area contributed by atoms with Crippen LogP contribution < -0.4 is 4.90 Å². The molecular formula is C18H15N3O3S2. The molecule has 8 heteroatoms. The molecule has 6 nitrogen and oxygen atoms in total. The monoisotopic (exact) mass is 385 g/mol. The fraction of sp³-hybridized carbons (Fsp3) is 0.222. The third-order valence-corrected chi connectivity index (χ3v) is 6.76. The van der Waals surface area contributed by atoms with Gasteiger partial charge >= 0.3 is 0 Å². The summed E-state index contributed by atoms with van der Waals surface area (Å²) in [6, 6.07) is 14.3. The molecule has 0 radical (unpaired) electrons. The van der Waals surface area contributed by atoms with Gasteiger partial charge in [-0.1, -0.05) is 47.8 Å². The molecule has 1 atom stereocenters. The van der Waals surface area contributed by atoms with E-state index in [1.807, 2.05) is 18.2 Å². The highest BCUT2D eigenvalue weighted by Gasteiger charge is 2.35. The van der Waals surface area contributed by atoms with E-state index < -0.39 is 4.92 Å². The lowest BCUT2D eigenvalue weighted by Crippen LogP contribution is -2.28. The number of rotatable bonds is 3. The number of nitro groups is 1. The summed E-state index contributed by atoms with van der Waals surface area (Å²) in [4.78, 5) is 29.6. The minimum Gasteiger partial charge on any atom is -0.311 e. The van der Waals surface area contributed by atoms with Crippen molar-refractivity contribution in [3.63, 3.8) is 0 Å². The molecule has 2 aromatic rings.